The van der Waals surface area contributed by atoms with Crippen LogP contribution in [0.5, 0.6) is 0 Å². The van der Waals surface area contributed by atoms with Crippen molar-refractivity contribution in [3.63, 3.8) is 0 Å². The Morgan fingerprint density at radius 2 is 2.10 bits per heavy atom. The summed E-state index contributed by atoms with van der Waals surface area (Å²) in [6.45, 7) is 1.31. The Morgan fingerprint density at radius 3 is 2.40 bits per heavy atom. The Labute approximate surface area is 57.2 Å². The monoisotopic (exact) mass is 148 g/mol. The van der Waals surface area contributed by atoms with Gasteiger partial charge in [0.25, 0.3) is 6.29 Å². The Hall–Kier alpha value is -0.940. The summed E-state index contributed by atoms with van der Waals surface area (Å²) < 4.78 is 4.15. The van der Waals surface area contributed by atoms with Gasteiger partial charge in [0.2, 0.25) is 0 Å². The molecule has 0 heterocycles. The van der Waals surface area contributed by atoms with Crippen molar-refractivity contribution in [1.29, 1.82) is 0 Å². The lowest BCUT2D eigenvalue weighted by Gasteiger charge is -2.06. The minimum atomic E-state index is -2.16. The number of carbonyl (C=O) groups is 2. The van der Waals surface area contributed by atoms with E-state index in [0.717, 1.165) is 0 Å². The largest absolute Gasteiger partial charge is 0.451 e. The number of ether oxygens (including phenoxy) is 1. The van der Waals surface area contributed by atoms with Crippen LogP contribution in [0.4, 0.5) is 0 Å². The molecular formula is C5H8O5. The molecule has 0 amide bonds. The molecule has 2 N–H and O–H groups in total. The van der Waals surface area contributed by atoms with Crippen LogP contribution in [-0.2, 0) is 14.3 Å². The molecule has 0 aromatic rings. The highest BCUT2D eigenvalue weighted by Crippen LogP contribution is 1.89. The predicted molar refractivity (Wildman–Crippen MR) is 29.8 cm³/mol. The van der Waals surface area contributed by atoms with E-state index in [0.29, 0.717) is 6.29 Å². The average molecular weight is 148 g/mol. The van der Waals surface area contributed by atoms with Gasteiger partial charge in [0.1, 0.15) is 0 Å². The topological polar surface area (TPSA) is 83.8 Å². The van der Waals surface area contributed by atoms with Gasteiger partial charge in [-0.05, 0) is 6.92 Å². The van der Waals surface area contributed by atoms with Gasteiger partial charge in [0.05, 0.1) is 0 Å². The van der Waals surface area contributed by atoms with E-state index in [1.165, 1.54) is 6.92 Å². The van der Waals surface area contributed by atoms with Gasteiger partial charge in [0, 0.05) is 0 Å². The fourth-order valence-electron chi connectivity index (χ4n) is 0.272. The molecule has 0 aliphatic heterocycles. The van der Waals surface area contributed by atoms with E-state index in [-0.39, 0.29) is 0 Å². The Kier molecular flexibility index (Phi) is 3.60. The molecule has 1 atom stereocenters. The lowest BCUT2D eigenvalue weighted by atomic mass is 10.4. The average Bonchev–Trinajstić information content (AvgIpc) is 1.87. The quantitative estimate of drug-likeness (QED) is 0.287. The molecular weight excluding hydrogens is 140 g/mol. The van der Waals surface area contributed by atoms with Crippen molar-refractivity contribution in [1.82, 2.24) is 0 Å². The lowest BCUT2D eigenvalue weighted by molar-refractivity contribution is -0.177. The number of carbonyl (C=O) groups excluding carboxylic acids is 2. The predicted octanol–water partition coefficient (Wildman–Crippen LogP) is -1.57. The summed E-state index contributed by atoms with van der Waals surface area (Å²) in [7, 11) is 0. The fraction of sp³-hybridized carbons (Fsp3) is 0.600. The van der Waals surface area contributed by atoms with Crippen LogP contribution < -0.4 is 0 Å². The van der Waals surface area contributed by atoms with Crippen molar-refractivity contribution in [2.24, 2.45) is 0 Å². The van der Waals surface area contributed by atoms with Crippen molar-refractivity contribution >= 4 is 12.3 Å². The van der Waals surface area contributed by atoms with Gasteiger partial charge in [-0.2, -0.15) is 0 Å². The van der Waals surface area contributed by atoms with Crippen molar-refractivity contribution < 1.29 is 24.5 Å². The van der Waals surface area contributed by atoms with Gasteiger partial charge in [-0.25, -0.2) is 4.79 Å². The number of aldehydes is 1. The Balaban J connectivity index is 3.68. The van der Waals surface area contributed by atoms with E-state index in [4.69, 9.17) is 10.2 Å². The third-order valence-corrected chi connectivity index (χ3v) is 0.705. The van der Waals surface area contributed by atoms with Crippen LogP contribution in [0, 0.1) is 0 Å². The van der Waals surface area contributed by atoms with Crippen LogP contribution in [0.1, 0.15) is 6.92 Å². The van der Waals surface area contributed by atoms with Crippen LogP contribution >= 0.6 is 0 Å². The molecule has 0 fully saturated rings. The van der Waals surface area contributed by atoms with Gasteiger partial charge in [-0.3, -0.25) is 4.79 Å². The summed E-state index contributed by atoms with van der Waals surface area (Å²) in [6.07, 6.45) is -2.73. The molecule has 58 valence electrons. The Bertz CT molecular complexity index is 130. The summed E-state index contributed by atoms with van der Waals surface area (Å²) in [4.78, 5) is 20.1. The molecule has 10 heavy (non-hydrogen) atoms. The highest BCUT2D eigenvalue weighted by Gasteiger charge is 2.14. The molecule has 5 heteroatoms. The third-order valence-electron chi connectivity index (χ3n) is 0.705. The van der Waals surface area contributed by atoms with Gasteiger partial charge in [-0.1, -0.05) is 0 Å². The number of aliphatic hydroxyl groups is 2. The number of esters is 1. The zero-order valence-electron chi connectivity index (χ0n) is 5.35. The first-order valence-electron chi connectivity index (χ1n) is 2.60. The normalized spacial score (nSPS) is 12.8. The maximum atomic E-state index is 10.2. The third kappa shape index (κ3) is 3.16. The van der Waals surface area contributed by atoms with E-state index >= 15 is 0 Å². The minimum absolute atomic E-state index is 0.375. The summed E-state index contributed by atoms with van der Waals surface area (Å²) in [5, 5.41) is 16.3. The second kappa shape index (κ2) is 3.97. The molecule has 0 rings (SSSR count). The summed E-state index contributed by atoms with van der Waals surface area (Å²) in [5.41, 5.74) is 0. The van der Waals surface area contributed by atoms with Crippen LogP contribution in [0.2, 0.25) is 0 Å². The molecule has 0 aliphatic rings. The molecule has 0 aliphatic carbocycles. The molecule has 0 saturated heterocycles. The van der Waals surface area contributed by atoms with Crippen LogP contribution in [-0.4, -0.2) is 34.9 Å². The van der Waals surface area contributed by atoms with Crippen LogP contribution in [0.15, 0.2) is 0 Å². The van der Waals surface area contributed by atoms with E-state index < -0.39 is 18.4 Å². The zero-order chi connectivity index (χ0) is 8.15. The molecule has 0 aromatic carbocycles. The summed E-state index contributed by atoms with van der Waals surface area (Å²) >= 11 is 0. The smallest absolute Gasteiger partial charge is 0.363 e. The van der Waals surface area contributed by atoms with Gasteiger partial charge in [0.15, 0.2) is 12.4 Å². The van der Waals surface area contributed by atoms with Gasteiger partial charge in [-0.15, -0.1) is 0 Å². The molecule has 5 nitrogen and oxygen atoms in total. The van der Waals surface area contributed by atoms with Crippen LogP contribution in [0.3, 0.4) is 0 Å². The number of rotatable bonds is 3. The van der Waals surface area contributed by atoms with Crippen molar-refractivity contribution in [3.8, 4) is 0 Å². The van der Waals surface area contributed by atoms with E-state index in [1.54, 1.807) is 0 Å². The van der Waals surface area contributed by atoms with Crippen LogP contribution in [0.25, 0.3) is 0 Å². The standard InChI is InChI=1S/C5H8O5/c1-3(2-6)10-5(9)4(7)8/h2-4,7-8H,1H3. The first kappa shape index (κ1) is 9.06. The second-order valence-corrected chi connectivity index (χ2v) is 1.65. The van der Waals surface area contributed by atoms with E-state index in [1.807, 2.05) is 0 Å². The first-order valence-corrected chi connectivity index (χ1v) is 2.60. The Morgan fingerprint density at radius 1 is 1.60 bits per heavy atom. The number of hydrogen-bond acceptors (Lipinski definition) is 5. The molecule has 0 radical (unpaired) electrons. The van der Waals surface area contributed by atoms with Crippen molar-refractivity contribution in [2.45, 2.75) is 19.3 Å². The van der Waals surface area contributed by atoms with E-state index in [9.17, 15) is 9.59 Å². The zero-order valence-corrected chi connectivity index (χ0v) is 5.35. The molecule has 0 bridgehead atoms. The molecule has 0 spiro atoms. The summed E-state index contributed by atoms with van der Waals surface area (Å²) in [5.74, 6) is -1.22. The van der Waals surface area contributed by atoms with E-state index in [2.05, 4.69) is 4.74 Å². The van der Waals surface area contributed by atoms with Crippen molar-refractivity contribution in [2.75, 3.05) is 0 Å². The highest BCUT2D eigenvalue weighted by molar-refractivity contribution is 5.74. The fourth-order valence-corrected chi connectivity index (χ4v) is 0.272. The maximum Gasteiger partial charge on any atom is 0.363 e. The summed E-state index contributed by atoms with van der Waals surface area (Å²) in [6, 6.07) is 0. The first-order chi connectivity index (χ1) is 4.57. The minimum Gasteiger partial charge on any atom is -0.451 e. The molecule has 1 unspecified atom stereocenters. The molecule has 0 aromatic heterocycles. The van der Waals surface area contributed by atoms with Crippen molar-refractivity contribution in [3.05, 3.63) is 0 Å². The maximum absolute atomic E-state index is 10.2. The lowest BCUT2D eigenvalue weighted by Crippen LogP contribution is -2.26. The SMILES string of the molecule is CC(C=O)OC(=O)C(O)O. The second-order valence-electron chi connectivity index (χ2n) is 1.65. The highest BCUT2D eigenvalue weighted by atomic mass is 16.6. The van der Waals surface area contributed by atoms with Gasteiger partial charge < -0.3 is 14.9 Å². The molecule has 0 saturated carbocycles. The van der Waals surface area contributed by atoms with Gasteiger partial charge >= 0.3 is 5.97 Å². The number of aliphatic hydroxyl groups excluding tert-OH is 1. The number of hydrogen-bond donors (Lipinski definition) is 2.